The third kappa shape index (κ3) is 4.16. The molecule has 0 atom stereocenters. The van der Waals surface area contributed by atoms with Crippen molar-refractivity contribution in [2.75, 3.05) is 0 Å². The molecule has 0 spiro atoms. The van der Waals surface area contributed by atoms with Crippen molar-refractivity contribution in [2.45, 2.75) is 13.8 Å². The number of rotatable bonds is 5. The van der Waals surface area contributed by atoms with Crippen molar-refractivity contribution in [3.05, 3.63) is 24.7 Å². The van der Waals surface area contributed by atoms with Gasteiger partial charge in [0.25, 0.3) is 0 Å². The van der Waals surface area contributed by atoms with Gasteiger partial charge in [0.1, 0.15) is 0 Å². The summed E-state index contributed by atoms with van der Waals surface area (Å²) in [6.07, 6.45) is 4.88. The minimum absolute atomic E-state index is 1.02. The average molecular weight is 196 g/mol. The van der Waals surface area contributed by atoms with Crippen molar-refractivity contribution in [3.63, 3.8) is 0 Å². The number of halogens is 1. The lowest BCUT2D eigenvalue weighted by molar-refractivity contribution is -0.0418. The molecule has 0 aromatic rings. The fourth-order valence-corrected chi connectivity index (χ4v) is 0.984. The zero-order valence-electron chi connectivity index (χ0n) is 6.77. The molecule has 6 heteroatoms. The monoisotopic (exact) mass is 196 g/mol. The number of phosphoric ester groups is 1. The second-order valence-corrected chi connectivity index (χ2v) is 3.12. The maximum Gasteiger partial charge on any atom is 0.618 e. The molecule has 0 aliphatic heterocycles. The van der Waals surface area contributed by atoms with Gasteiger partial charge in [-0.1, -0.05) is 16.9 Å². The fourth-order valence-electron chi connectivity index (χ4n) is 0.328. The van der Waals surface area contributed by atoms with E-state index >= 15 is 0 Å². The summed E-state index contributed by atoms with van der Waals surface area (Å²) in [5.74, 6) is 0. The van der Waals surface area contributed by atoms with E-state index in [0.717, 1.165) is 12.5 Å². The second-order valence-electron chi connectivity index (χ2n) is 1.67. The van der Waals surface area contributed by atoms with Crippen LogP contribution in [0, 0.1) is 0 Å². The molecular formula is C6H10FO4P. The molecule has 0 radical (unpaired) electrons. The van der Waals surface area contributed by atoms with Crippen LogP contribution in [0.5, 0.6) is 0 Å². The van der Waals surface area contributed by atoms with Gasteiger partial charge in [-0.2, -0.15) is 0 Å². The highest BCUT2D eigenvalue weighted by molar-refractivity contribution is 7.48. The Morgan fingerprint density at radius 3 is 1.83 bits per heavy atom. The first kappa shape index (κ1) is 11.2. The highest BCUT2D eigenvalue weighted by atomic mass is 31.2. The minimum atomic E-state index is -4.07. The molecule has 0 N–H and O–H groups in total. The second kappa shape index (κ2) is 5.80. The van der Waals surface area contributed by atoms with Crippen LogP contribution in [-0.2, 0) is 18.3 Å². The summed E-state index contributed by atoms with van der Waals surface area (Å²) in [4.78, 5) is 0. The predicted molar refractivity (Wildman–Crippen MR) is 41.6 cm³/mol. The molecule has 0 bridgehead atoms. The van der Waals surface area contributed by atoms with Crippen molar-refractivity contribution < 1.29 is 22.9 Å². The molecule has 0 amide bonds. The van der Waals surface area contributed by atoms with E-state index in [2.05, 4.69) is 13.8 Å². The lowest BCUT2D eigenvalue weighted by Gasteiger charge is -2.07. The van der Waals surface area contributed by atoms with Gasteiger partial charge in [-0.25, -0.2) is 4.57 Å². The third-order valence-corrected chi connectivity index (χ3v) is 1.67. The van der Waals surface area contributed by atoms with Crippen molar-refractivity contribution in [2.24, 2.45) is 0 Å². The Balaban J connectivity index is 4.14. The molecule has 70 valence electrons. The average Bonchev–Trinajstić information content (AvgIpc) is 2.11. The van der Waals surface area contributed by atoms with Crippen LogP contribution in [0.25, 0.3) is 0 Å². The first-order valence-corrected chi connectivity index (χ1v) is 4.64. The van der Waals surface area contributed by atoms with Gasteiger partial charge in [0, 0.05) is 0 Å². The zero-order valence-corrected chi connectivity index (χ0v) is 7.66. The van der Waals surface area contributed by atoms with Crippen LogP contribution >= 0.6 is 7.82 Å². The first-order valence-electron chi connectivity index (χ1n) is 3.18. The predicted octanol–water partition coefficient (Wildman–Crippen LogP) is 3.10. The minimum Gasteiger partial charge on any atom is -0.402 e. The first-order chi connectivity index (χ1) is 5.68. The van der Waals surface area contributed by atoms with E-state index in [1.165, 1.54) is 12.2 Å². The molecule has 0 rings (SSSR count). The van der Waals surface area contributed by atoms with E-state index in [0.29, 0.717) is 0 Å². The lowest BCUT2D eigenvalue weighted by Crippen LogP contribution is -1.85. The van der Waals surface area contributed by atoms with Crippen LogP contribution in [0.1, 0.15) is 13.8 Å². The lowest BCUT2D eigenvalue weighted by atomic mass is 10.8. The van der Waals surface area contributed by atoms with Crippen LogP contribution in [0.3, 0.4) is 0 Å². The van der Waals surface area contributed by atoms with Gasteiger partial charge < -0.3 is 9.05 Å². The van der Waals surface area contributed by atoms with Crippen molar-refractivity contribution in [1.82, 2.24) is 0 Å². The van der Waals surface area contributed by atoms with Crippen LogP contribution in [-0.4, -0.2) is 0 Å². The van der Waals surface area contributed by atoms with E-state index in [4.69, 9.17) is 0 Å². The topological polar surface area (TPSA) is 44.8 Å². The van der Waals surface area contributed by atoms with E-state index in [9.17, 15) is 9.09 Å². The molecule has 4 nitrogen and oxygen atoms in total. The standard InChI is InChI=1S/C6H10FO4P/c1-3-5-9-12(8,11-7)10-6-4-2/h3-6H,1-2H3. The molecule has 0 aromatic carbocycles. The Kier molecular flexibility index (Phi) is 5.41. The zero-order chi connectivity index (χ0) is 9.45. The summed E-state index contributed by atoms with van der Waals surface area (Å²) in [7, 11) is -4.07. The Morgan fingerprint density at radius 2 is 1.58 bits per heavy atom. The largest absolute Gasteiger partial charge is 0.618 e. The molecular weight excluding hydrogens is 186 g/mol. The Morgan fingerprint density at radius 1 is 1.17 bits per heavy atom. The molecule has 12 heavy (non-hydrogen) atoms. The number of allylic oxidation sites excluding steroid dienone is 2. The highest BCUT2D eigenvalue weighted by Crippen LogP contribution is 2.50. The number of phosphoric acid groups is 1. The highest BCUT2D eigenvalue weighted by Gasteiger charge is 2.28. The number of hydrogen-bond acceptors (Lipinski definition) is 4. The third-order valence-electron chi connectivity index (χ3n) is 0.737. The molecule has 0 saturated carbocycles. The normalized spacial score (nSPS) is 16.6. The Bertz CT molecular complexity index is 196. The quantitative estimate of drug-likeness (QED) is 0.500. The van der Waals surface area contributed by atoms with E-state index in [-0.39, 0.29) is 0 Å². The van der Waals surface area contributed by atoms with E-state index < -0.39 is 7.82 Å². The van der Waals surface area contributed by atoms with Gasteiger partial charge in [-0.15, -0.1) is 0 Å². The Labute approximate surface area is 70.1 Å². The van der Waals surface area contributed by atoms with Crippen molar-refractivity contribution >= 4 is 7.82 Å². The molecule has 0 fully saturated rings. The van der Waals surface area contributed by atoms with Gasteiger partial charge in [0.15, 0.2) is 0 Å². The summed E-state index contributed by atoms with van der Waals surface area (Å²) in [5, 5.41) is 0. The fraction of sp³-hybridized carbons (Fsp3) is 0.333. The summed E-state index contributed by atoms with van der Waals surface area (Å²) in [5.41, 5.74) is 0. The molecule has 0 unspecified atom stereocenters. The SMILES string of the molecule is CC=COP(=O)(OF)OC=CC. The van der Waals surface area contributed by atoms with Crippen LogP contribution in [0.2, 0.25) is 0 Å². The smallest absolute Gasteiger partial charge is 0.402 e. The maximum atomic E-state index is 11.6. The van der Waals surface area contributed by atoms with Crippen LogP contribution in [0.4, 0.5) is 4.53 Å². The van der Waals surface area contributed by atoms with Gasteiger partial charge in [-0.05, 0) is 18.4 Å². The van der Waals surface area contributed by atoms with Gasteiger partial charge in [-0.3, -0.25) is 0 Å². The number of hydrogen-bond donors (Lipinski definition) is 0. The van der Waals surface area contributed by atoms with Crippen LogP contribution < -0.4 is 0 Å². The van der Waals surface area contributed by atoms with E-state index in [1.54, 1.807) is 13.8 Å². The molecule has 0 aliphatic carbocycles. The summed E-state index contributed by atoms with van der Waals surface area (Å²) in [6, 6.07) is 0. The van der Waals surface area contributed by atoms with Crippen molar-refractivity contribution in [1.29, 1.82) is 0 Å². The molecule has 0 aliphatic rings. The van der Waals surface area contributed by atoms with Crippen molar-refractivity contribution in [3.8, 4) is 0 Å². The molecule has 0 saturated heterocycles. The van der Waals surface area contributed by atoms with Crippen LogP contribution in [0.15, 0.2) is 24.7 Å². The van der Waals surface area contributed by atoms with E-state index in [1.807, 2.05) is 0 Å². The summed E-state index contributed by atoms with van der Waals surface area (Å²) >= 11 is 0. The molecule has 0 heterocycles. The maximum absolute atomic E-state index is 11.6. The van der Waals surface area contributed by atoms with Gasteiger partial charge >= 0.3 is 7.82 Å². The molecule has 0 aromatic heterocycles. The van der Waals surface area contributed by atoms with Gasteiger partial charge in [0.05, 0.1) is 12.5 Å². The van der Waals surface area contributed by atoms with Gasteiger partial charge in [0.2, 0.25) is 0 Å². The summed E-state index contributed by atoms with van der Waals surface area (Å²) < 4.78 is 34.3. The Hall–Kier alpha value is -0.800. The summed E-state index contributed by atoms with van der Waals surface area (Å²) in [6.45, 7) is 3.22.